The van der Waals surface area contributed by atoms with Crippen LogP contribution in [0.15, 0.2) is 22.8 Å². The minimum absolute atomic E-state index is 0.135. The first kappa shape index (κ1) is 13.6. The van der Waals surface area contributed by atoms with Crippen molar-refractivity contribution in [1.29, 1.82) is 10.5 Å². The highest BCUT2D eigenvalue weighted by molar-refractivity contribution is 5.48. The molecule has 0 aromatic rings. The zero-order chi connectivity index (χ0) is 15.3. The summed E-state index contributed by atoms with van der Waals surface area (Å²) in [5.74, 6) is 0. The molecule has 0 saturated carbocycles. The van der Waals surface area contributed by atoms with E-state index >= 15 is 0 Å². The highest BCUT2D eigenvalue weighted by Gasteiger charge is 2.75. The van der Waals surface area contributed by atoms with Crippen molar-refractivity contribution in [2.24, 2.45) is 10.8 Å². The Hall–Kier alpha value is -2.82. The lowest BCUT2D eigenvalue weighted by molar-refractivity contribution is -0.451. The molecule has 2 rings (SSSR count). The minimum Gasteiger partial charge on any atom is -0.322 e. The minimum atomic E-state index is -1.68. The van der Waals surface area contributed by atoms with E-state index in [0.29, 0.717) is 0 Å². The molecule has 0 amide bonds. The summed E-state index contributed by atoms with van der Waals surface area (Å²) in [6.07, 6.45) is -0.780. The van der Waals surface area contributed by atoms with Crippen LogP contribution in [0.2, 0.25) is 0 Å². The number of quaternary nitrogens is 2. The van der Waals surface area contributed by atoms with Gasteiger partial charge in [0.25, 0.3) is 0 Å². The van der Waals surface area contributed by atoms with Crippen LogP contribution in [-0.2, 0) is 0 Å². The molecule has 0 heterocycles. The Morgan fingerprint density at radius 1 is 0.950 bits per heavy atom. The van der Waals surface area contributed by atoms with E-state index in [2.05, 4.69) is 11.5 Å². The van der Waals surface area contributed by atoms with E-state index in [1.54, 1.807) is 0 Å². The van der Waals surface area contributed by atoms with Crippen LogP contribution in [-0.4, -0.2) is 9.85 Å². The van der Waals surface area contributed by atoms with Crippen LogP contribution in [0, 0.1) is 53.7 Å². The van der Waals surface area contributed by atoms with Crippen molar-refractivity contribution in [3.8, 4) is 12.1 Å². The van der Waals surface area contributed by atoms with Gasteiger partial charge in [-0.25, -0.2) is 0 Å². The molecule has 2 aliphatic carbocycles. The number of nitrogens with zero attached hydrogens (tertiary/aromatic N) is 4. The molecule has 10 heteroatoms. The zero-order valence-electron chi connectivity index (χ0n) is 10.3. The summed E-state index contributed by atoms with van der Waals surface area (Å²) in [5.41, 5.74) is 2.77. The second-order valence-corrected chi connectivity index (χ2v) is 4.75. The summed E-state index contributed by atoms with van der Waals surface area (Å²) in [5, 5.41) is 40.9. The molecule has 0 aromatic heterocycles. The van der Waals surface area contributed by atoms with Gasteiger partial charge in [0.2, 0.25) is 11.4 Å². The Morgan fingerprint density at radius 3 is 1.45 bits per heavy atom. The molecule has 2 unspecified atom stereocenters. The third-order valence-corrected chi connectivity index (χ3v) is 4.14. The van der Waals surface area contributed by atoms with Crippen molar-refractivity contribution in [3.05, 3.63) is 43.0 Å². The molecule has 2 aliphatic rings. The van der Waals surface area contributed by atoms with E-state index in [1.807, 2.05) is 12.1 Å². The fourth-order valence-electron chi connectivity index (χ4n) is 2.99. The second kappa shape index (κ2) is 3.84. The highest BCUT2D eigenvalue weighted by atomic mass is 16.6. The fourth-order valence-corrected chi connectivity index (χ4v) is 2.99. The van der Waals surface area contributed by atoms with Gasteiger partial charge in [-0.1, -0.05) is 0 Å². The van der Waals surface area contributed by atoms with Crippen LogP contribution < -0.4 is 11.5 Å². The van der Waals surface area contributed by atoms with E-state index in [9.17, 15) is 30.8 Å². The van der Waals surface area contributed by atoms with Crippen LogP contribution in [0.1, 0.15) is 12.8 Å². The quantitative estimate of drug-likeness (QED) is 0.445. The Balaban J connectivity index is 2.76. The zero-order valence-corrected chi connectivity index (χ0v) is 10.3. The summed E-state index contributed by atoms with van der Waals surface area (Å²) < 4.78 is 0. The van der Waals surface area contributed by atoms with E-state index in [4.69, 9.17) is 0 Å². The lowest BCUT2D eigenvalue weighted by Gasteiger charge is -2.24. The molecule has 0 aliphatic heterocycles. The molecular formula is C10H10N6O4+2. The Kier molecular flexibility index (Phi) is 2.61. The van der Waals surface area contributed by atoms with Crippen molar-refractivity contribution < 1.29 is 21.3 Å². The van der Waals surface area contributed by atoms with Crippen molar-refractivity contribution >= 4 is 0 Å². The predicted molar refractivity (Wildman–Crippen MR) is 59.1 cm³/mol. The maximum atomic E-state index is 11.0. The molecule has 0 aromatic carbocycles. The number of rotatable bonds is 2. The molecule has 20 heavy (non-hydrogen) atoms. The van der Waals surface area contributed by atoms with Crippen LogP contribution in [0.3, 0.4) is 0 Å². The smallest absolute Gasteiger partial charge is 0.305 e. The average molecular weight is 278 g/mol. The van der Waals surface area contributed by atoms with Gasteiger partial charge in [-0.15, -0.1) is 0 Å². The lowest BCUT2D eigenvalue weighted by Crippen LogP contribution is -2.61. The van der Waals surface area contributed by atoms with Crippen molar-refractivity contribution in [2.45, 2.75) is 12.8 Å². The first-order valence-corrected chi connectivity index (χ1v) is 5.50. The number of allylic oxidation sites excluding steroid dienone is 4. The van der Waals surface area contributed by atoms with Crippen molar-refractivity contribution in [3.63, 3.8) is 0 Å². The maximum Gasteiger partial charge on any atom is 0.305 e. The van der Waals surface area contributed by atoms with Crippen LogP contribution in [0.25, 0.3) is 0 Å². The maximum absolute atomic E-state index is 11.0. The van der Waals surface area contributed by atoms with Gasteiger partial charge in [0.1, 0.15) is 0 Å². The first-order valence-electron chi connectivity index (χ1n) is 5.50. The average Bonchev–Trinajstić information content (AvgIpc) is 2.80. The molecule has 0 fully saturated rings. The molecule has 0 spiro atoms. The van der Waals surface area contributed by atoms with Crippen LogP contribution in [0.5, 0.6) is 0 Å². The summed E-state index contributed by atoms with van der Waals surface area (Å²) in [6, 6.07) is 3.70. The van der Waals surface area contributed by atoms with E-state index < -0.39 is 20.7 Å². The molecule has 2 atom stereocenters. The third-order valence-electron chi connectivity index (χ3n) is 4.14. The SMILES string of the molecule is N#CC12CC([N+](=O)[O-])=C([NH3+])C1(C#N)CC([N+](=O)[O-])=C2[NH3+]. The van der Waals surface area contributed by atoms with Gasteiger partial charge in [0.15, 0.2) is 10.8 Å². The molecule has 6 N–H and O–H groups in total. The van der Waals surface area contributed by atoms with Gasteiger partial charge < -0.3 is 11.5 Å². The number of hydrogen-bond donors (Lipinski definition) is 2. The molecular weight excluding hydrogens is 268 g/mol. The normalized spacial score (nSPS) is 31.8. The van der Waals surface area contributed by atoms with E-state index in [-0.39, 0.29) is 35.6 Å². The van der Waals surface area contributed by atoms with Crippen LogP contribution in [0.4, 0.5) is 0 Å². The summed E-state index contributed by atoms with van der Waals surface area (Å²) in [4.78, 5) is 20.6. The first-order chi connectivity index (χ1) is 9.27. The van der Waals surface area contributed by atoms with Crippen molar-refractivity contribution in [1.82, 2.24) is 0 Å². The van der Waals surface area contributed by atoms with Gasteiger partial charge in [0.05, 0.1) is 34.8 Å². The molecule has 0 saturated heterocycles. The van der Waals surface area contributed by atoms with Gasteiger partial charge in [-0.05, 0) is 0 Å². The van der Waals surface area contributed by atoms with Gasteiger partial charge in [-0.3, -0.25) is 20.2 Å². The van der Waals surface area contributed by atoms with E-state index in [1.165, 1.54) is 0 Å². The number of nitriles is 2. The van der Waals surface area contributed by atoms with Gasteiger partial charge >= 0.3 is 11.4 Å². The molecule has 10 nitrogen and oxygen atoms in total. The summed E-state index contributed by atoms with van der Waals surface area (Å²) >= 11 is 0. The van der Waals surface area contributed by atoms with E-state index in [0.717, 1.165) is 0 Å². The molecule has 0 radical (unpaired) electrons. The number of fused-ring (bicyclic) bond motifs is 1. The predicted octanol–water partition coefficient (Wildman–Crippen LogP) is -1.73. The second-order valence-electron chi connectivity index (χ2n) is 4.75. The number of hydrogen-bond acceptors (Lipinski definition) is 6. The van der Waals surface area contributed by atoms with Crippen molar-refractivity contribution in [2.75, 3.05) is 0 Å². The fraction of sp³-hybridized carbons (Fsp3) is 0.400. The monoisotopic (exact) mass is 278 g/mol. The Labute approximate surface area is 111 Å². The summed E-state index contributed by atoms with van der Waals surface area (Å²) in [6.45, 7) is 0. The Morgan fingerprint density at radius 2 is 1.25 bits per heavy atom. The standard InChI is InChI=1S/C10H8N6O4/c11-3-9-1-5(15(17)18)7(13)10(9,4-12)2-6(8(9)14)16(19)20/h1-2,13-14H2/p+2. The van der Waals surface area contributed by atoms with Gasteiger partial charge in [-0.2, -0.15) is 10.5 Å². The largest absolute Gasteiger partial charge is 0.322 e. The third kappa shape index (κ3) is 1.21. The lowest BCUT2D eigenvalue weighted by atomic mass is 9.67. The Bertz CT molecular complexity index is 636. The van der Waals surface area contributed by atoms with Crippen LogP contribution >= 0.6 is 0 Å². The molecule has 0 bridgehead atoms. The molecule has 102 valence electrons. The topological polar surface area (TPSA) is 189 Å². The summed E-state index contributed by atoms with van der Waals surface area (Å²) in [7, 11) is 0. The number of nitro groups is 2. The van der Waals surface area contributed by atoms with Gasteiger partial charge in [0, 0.05) is 0 Å². The highest BCUT2D eigenvalue weighted by Crippen LogP contribution is 2.63.